The summed E-state index contributed by atoms with van der Waals surface area (Å²) in [4.78, 5) is 2.79. The summed E-state index contributed by atoms with van der Waals surface area (Å²) in [6.45, 7) is 2.42. The van der Waals surface area contributed by atoms with Crippen LogP contribution in [-0.4, -0.2) is 17.8 Å². The van der Waals surface area contributed by atoms with Crippen LogP contribution < -0.4 is 5.32 Å². The van der Waals surface area contributed by atoms with E-state index in [0.29, 0.717) is 12.1 Å². The Morgan fingerprint density at radius 3 is 2.58 bits per heavy atom. The van der Waals surface area contributed by atoms with E-state index in [-0.39, 0.29) is 6.61 Å². The molecule has 0 spiro atoms. The molecule has 4 heteroatoms. The second-order valence-electron chi connectivity index (χ2n) is 4.64. The highest BCUT2D eigenvalue weighted by atomic mass is 32.1. The first-order valence-electron chi connectivity index (χ1n) is 6.76. The van der Waals surface area contributed by atoms with Crippen molar-refractivity contribution in [2.24, 2.45) is 0 Å². The molecule has 2 rings (SSSR count). The predicted octanol–water partition coefficient (Wildman–Crippen LogP) is 3.84. The molecule has 0 aromatic carbocycles. The number of thiophene rings is 2. The molecule has 2 unspecified atom stereocenters. The fraction of sp³-hybridized carbons (Fsp3) is 0.467. The van der Waals surface area contributed by atoms with Gasteiger partial charge in [0.1, 0.15) is 0 Å². The van der Waals surface area contributed by atoms with Gasteiger partial charge in [0.2, 0.25) is 0 Å². The van der Waals surface area contributed by atoms with E-state index in [1.165, 1.54) is 9.75 Å². The summed E-state index contributed by atoms with van der Waals surface area (Å²) >= 11 is 3.61. The van der Waals surface area contributed by atoms with Crippen molar-refractivity contribution in [1.82, 2.24) is 5.32 Å². The zero-order valence-electron chi connectivity index (χ0n) is 11.2. The highest BCUT2D eigenvalue weighted by Crippen LogP contribution is 2.26. The molecule has 0 fully saturated rings. The molecule has 0 amide bonds. The fourth-order valence-corrected chi connectivity index (χ4v) is 3.75. The Hall–Kier alpha value is -0.680. The van der Waals surface area contributed by atoms with E-state index in [0.717, 1.165) is 19.3 Å². The molecule has 0 aliphatic rings. The van der Waals surface area contributed by atoms with Gasteiger partial charge >= 0.3 is 0 Å². The van der Waals surface area contributed by atoms with Crippen molar-refractivity contribution in [3.63, 3.8) is 0 Å². The van der Waals surface area contributed by atoms with Gasteiger partial charge in [0.15, 0.2) is 0 Å². The highest BCUT2D eigenvalue weighted by Gasteiger charge is 2.17. The van der Waals surface area contributed by atoms with E-state index < -0.39 is 0 Å². The lowest BCUT2D eigenvalue weighted by molar-refractivity contribution is 0.255. The molecule has 0 aliphatic heterocycles. The van der Waals surface area contributed by atoms with Gasteiger partial charge in [-0.2, -0.15) is 0 Å². The normalized spacial score (nSPS) is 14.4. The number of nitrogens with one attached hydrogen (secondary N) is 1. The van der Waals surface area contributed by atoms with Crippen LogP contribution in [0.3, 0.4) is 0 Å². The summed E-state index contributed by atoms with van der Waals surface area (Å²) in [6.07, 6.45) is 2.90. The van der Waals surface area contributed by atoms with Crippen LogP contribution in [0, 0.1) is 0 Å². The number of rotatable bonds is 8. The Morgan fingerprint density at radius 1 is 1.21 bits per heavy atom. The first-order chi connectivity index (χ1) is 9.33. The third kappa shape index (κ3) is 4.42. The van der Waals surface area contributed by atoms with Crippen molar-refractivity contribution < 1.29 is 5.11 Å². The van der Waals surface area contributed by atoms with Gasteiger partial charge in [-0.05, 0) is 35.7 Å². The topological polar surface area (TPSA) is 32.3 Å². The smallest absolute Gasteiger partial charge is 0.0465 e. The molecule has 104 valence electrons. The first kappa shape index (κ1) is 14.7. The first-order valence-corrected chi connectivity index (χ1v) is 8.52. The van der Waals surface area contributed by atoms with Gasteiger partial charge in [-0.25, -0.2) is 0 Å². The lowest BCUT2D eigenvalue weighted by Gasteiger charge is -2.23. The molecule has 0 radical (unpaired) electrons. The molecule has 2 N–H and O–H groups in total. The quantitative estimate of drug-likeness (QED) is 0.775. The molecule has 0 bridgehead atoms. The number of hydrogen-bond donors (Lipinski definition) is 2. The van der Waals surface area contributed by atoms with Crippen LogP contribution in [0.4, 0.5) is 0 Å². The van der Waals surface area contributed by atoms with Gasteiger partial charge in [-0.1, -0.05) is 19.1 Å². The van der Waals surface area contributed by atoms with E-state index >= 15 is 0 Å². The maximum atomic E-state index is 9.13. The minimum Gasteiger partial charge on any atom is -0.396 e. The zero-order chi connectivity index (χ0) is 13.5. The van der Waals surface area contributed by atoms with E-state index in [1.807, 2.05) is 11.3 Å². The lowest BCUT2D eigenvalue weighted by Crippen LogP contribution is -2.33. The lowest BCUT2D eigenvalue weighted by atomic mass is 10.1. The summed E-state index contributed by atoms with van der Waals surface area (Å²) in [7, 11) is 0. The standard InChI is InChI=1S/C15H21NOS2/c1-2-12(7-8-17)16-14(15-6-4-10-19-15)11-13-5-3-9-18-13/h3-6,9-10,12,14,16-17H,2,7-8,11H2,1H3. The van der Waals surface area contributed by atoms with Gasteiger partial charge in [-0.3, -0.25) is 0 Å². The van der Waals surface area contributed by atoms with Crippen molar-refractivity contribution in [1.29, 1.82) is 0 Å². The molecule has 2 aromatic rings. The summed E-state index contributed by atoms with van der Waals surface area (Å²) in [6, 6.07) is 9.35. The third-order valence-corrected chi connectivity index (χ3v) is 5.16. The molecule has 0 saturated heterocycles. The maximum Gasteiger partial charge on any atom is 0.0465 e. The molecule has 2 nitrogen and oxygen atoms in total. The van der Waals surface area contributed by atoms with Gasteiger partial charge in [0.25, 0.3) is 0 Å². The molecule has 19 heavy (non-hydrogen) atoms. The van der Waals surface area contributed by atoms with Crippen LogP contribution in [-0.2, 0) is 6.42 Å². The Labute approximate surface area is 123 Å². The Balaban J connectivity index is 2.06. The van der Waals surface area contributed by atoms with Crippen LogP contribution in [0.2, 0.25) is 0 Å². The van der Waals surface area contributed by atoms with Gasteiger partial charge < -0.3 is 10.4 Å². The van der Waals surface area contributed by atoms with Crippen molar-refractivity contribution >= 4 is 22.7 Å². The second-order valence-corrected chi connectivity index (χ2v) is 6.65. The largest absolute Gasteiger partial charge is 0.396 e. The molecule has 2 heterocycles. The van der Waals surface area contributed by atoms with E-state index in [4.69, 9.17) is 5.11 Å². The summed E-state index contributed by atoms with van der Waals surface area (Å²) < 4.78 is 0. The van der Waals surface area contributed by atoms with Gasteiger partial charge in [0, 0.05) is 34.9 Å². The monoisotopic (exact) mass is 295 g/mol. The zero-order valence-corrected chi connectivity index (χ0v) is 12.8. The number of aliphatic hydroxyl groups is 1. The molecular weight excluding hydrogens is 274 g/mol. The molecular formula is C15H21NOS2. The van der Waals surface area contributed by atoms with E-state index in [9.17, 15) is 0 Å². The van der Waals surface area contributed by atoms with Crippen molar-refractivity contribution in [3.05, 3.63) is 44.8 Å². The SMILES string of the molecule is CCC(CCO)NC(Cc1cccs1)c1cccs1. The van der Waals surface area contributed by atoms with E-state index in [1.54, 1.807) is 11.3 Å². The van der Waals surface area contributed by atoms with Gasteiger partial charge in [0.05, 0.1) is 0 Å². The van der Waals surface area contributed by atoms with E-state index in [2.05, 4.69) is 47.3 Å². The molecule has 0 aliphatic carbocycles. The fourth-order valence-electron chi connectivity index (χ4n) is 2.21. The average molecular weight is 295 g/mol. The summed E-state index contributed by atoms with van der Waals surface area (Å²) in [5.74, 6) is 0. The third-order valence-electron chi connectivity index (χ3n) is 3.28. The minimum atomic E-state index is 0.252. The van der Waals surface area contributed by atoms with Crippen molar-refractivity contribution in [2.75, 3.05) is 6.61 Å². The maximum absolute atomic E-state index is 9.13. The second kappa shape index (κ2) is 7.80. The molecule has 0 saturated carbocycles. The van der Waals surface area contributed by atoms with Crippen LogP contribution in [0.15, 0.2) is 35.0 Å². The van der Waals surface area contributed by atoms with Crippen LogP contribution in [0.5, 0.6) is 0 Å². The van der Waals surface area contributed by atoms with Crippen molar-refractivity contribution in [3.8, 4) is 0 Å². The number of hydrogen-bond acceptors (Lipinski definition) is 4. The molecule has 2 atom stereocenters. The summed E-state index contributed by atoms with van der Waals surface area (Å²) in [5, 5.41) is 17.1. The van der Waals surface area contributed by atoms with Crippen LogP contribution in [0.25, 0.3) is 0 Å². The molecule has 2 aromatic heterocycles. The van der Waals surface area contributed by atoms with Gasteiger partial charge in [-0.15, -0.1) is 22.7 Å². The average Bonchev–Trinajstić information content (AvgIpc) is 3.10. The van der Waals surface area contributed by atoms with Crippen LogP contribution >= 0.6 is 22.7 Å². The van der Waals surface area contributed by atoms with Crippen LogP contribution in [0.1, 0.15) is 35.6 Å². The number of aliphatic hydroxyl groups excluding tert-OH is 1. The van der Waals surface area contributed by atoms with Crippen molar-refractivity contribution in [2.45, 2.75) is 38.3 Å². The minimum absolute atomic E-state index is 0.252. The predicted molar refractivity (Wildman–Crippen MR) is 84.0 cm³/mol. The Morgan fingerprint density at radius 2 is 2.00 bits per heavy atom. The highest BCUT2D eigenvalue weighted by molar-refractivity contribution is 7.10. The Kier molecular flexibility index (Phi) is 6.04. The Bertz CT molecular complexity index is 439. The summed E-state index contributed by atoms with van der Waals surface area (Å²) in [5.41, 5.74) is 0.